The molecule has 2 N–H and O–H groups in total. The molecular formula is C30H24FN3O3S2. The van der Waals surface area contributed by atoms with Crippen LogP contribution >= 0.6 is 23.1 Å². The van der Waals surface area contributed by atoms with Crippen molar-refractivity contribution in [3.8, 4) is 5.75 Å². The Morgan fingerprint density at radius 2 is 1.69 bits per heavy atom. The molecule has 0 saturated carbocycles. The average molecular weight is 558 g/mol. The number of rotatable bonds is 9. The van der Waals surface area contributed by atoms with Gasteiger partial charge in [0.1, 0.15) is 16.8 Å². The van der Waals surface area contributed by atoms with Crippen LogP contribution in [0.5, 0.6) is 5.75 Å². The monoisotopic (exact) mass is 557 g/mol. The van der Waals surface area contributed by atoms with E-state index in [-0.39, 0.29) is 11.8 Å². The molecule has 6 nitrogen and oxygen atoms in total. The number of amides is 2. The first kappa shape index (κ1) is 26.4. The first-order valence-corrected chi connectivity index (χ1v) is 13.9. The molecule has 0 spiro atoms. The highest BCUT2D eigenvalue weighted by Crippen LogP contribution is 2.38. The number of benzene rings is 4. The van der Waals surface area contributed by atoms with Gasteiger partial charge < -0.3 is 15.4 Å². The molecule has 2 amide bonds. The zero-order chi connectivity index (χ0) is 27.2. The fraction of sp³-hybridized carbons (Fsp3) is 0.100. The van der Waals surface area contributed by atoms with Crippen LogP contribution in [0.25, 0.3) is 10.2 Å². The number of fused-ring (bicyclic) bond motifs is 1. The van der Waals surface area contributed by atoms with Crippen LogP contribution in [0.4, 0.5) is 15.2 Å². The van der Waals surface area contributed by atoms with Crippen molar-refractivity contribution in [1.29, 1.82) is 0 Å². The van der Waals surface area contributed by atoms with Gasteiger partial charge >= 0.3 is 0 Å². The van der Waals surface area contributed by atoms with E-state index < -0.39 is 11.1 Å². The lowest BCUT2D eigenvalue weighted by Crippen LogP contribution is -2.18. The predicted molar refractivity (Wildman–Crippen MR) is 155 cm³/mol. The third-order valence-corrected chi connectivity index (χ3v) is 7.91. The van der Waals surface area contributed by atoms with Gasteiger partial charge in [0.25, 0.3) is 5.91 Å². The summed E-state index contributed by atoms with van der Waals surface area (Å²) in [5.74, 6) is -0.157. The minimum absolute atomic E-state index is 0.191. The van der Waals surface area contributed by atoms with Gasteiger partial charge in [0, 0.05) is 16.1 Å². The van der Waals surface area contributed by atoms with E-state index in [1.807, 2.05) is 67.6 Å². The van der Waals surface area contributed by atoms with Gasteiger partial charge in [0.15, 0.2) is 5.13 Å². The summed E-state index contributed by atoms with van der Waals surface area (Å²) in [5, 5.41) is 5.78. The molecule has 0 bridgehead atoms. The number of carbonyl (C=O) groups excluding carboxylic acids is 2. The maximum absolute atomic E-state index is 13.5. The fourth-order valence-corrected chi connectivity index (χ4v) is 5.77. The van der Waals surface area contributed by atoms with Gasteiger partial charge in [0.2, 0.25) is 5.91 Å². The van der Waals surface area contributed by atoms with E-state index in [4.69, 9.17) is 4.74 Å². The van der Waals surface area contributed by atoms with Gasteiger partial charge in [-0.25, -0.2) is 9.37 Å². The number of halogens is 1. The number of hydrogen-bond donors (Lipinski definition) is 2. The van der Waals surface area contributed by atoms with E-state index >= 15 is 0 Å². The number of carbonyl (C=O) groups is 2. The van der Waals surface area contributed by atoms with Crippen LogP contribution in [0, 0.1) is 5.82 Å². The number of thioether (sulfide) groups is 1. The Hall–Kier alpha value is -4.21. The fourth-order valence-electron chi connectivity index (χ4n) is 3.84. The largest absolute Gasteiger partial charge is 0.494 e. The lowest BCUT2D eigenvalue weighted by Gasteiger charge is -2.16. The van der Waals surface area contributed by atoms with Crippen molar-refractivity contribution in [3.05, 3.63) is 114 Å². The number of hydrogen-bond acceptors (Lipinski definition) is 6. The maximum Gasteiger partial charge on any atom is 0.255 e. The van der Waals surface area contributed by atoms with Crippen LogP contribution in [0.15, 0.2) is 102 Å². The Morgan fingerprint density at radius 3 is 2.41 bits per heavy atom. The molecule has 9 heteroatoms. The minimum atomic E-state index is -0.531. The number of nitrogens with zero attached hydrogens (tertiary/aromatic N) is 1. The SMILES string of the molecule is CCOc1ccc2nc(NC(=O)C(Sc3ccc(NC(=O)c4ccc(F)cc4)cc3)c3ccccc3)sc2c1. The lowest BCUT2D eigenvalue weighted by molar-refractivity contribution is -0.115. The van der Waals surface area contributed by atoms with Crippen LogP contribution in [0.2, 0.25) is 0 Å². The molecule has 5 aromatic rings. The lowest BCUT2D eigenvalue weighted by atomic mass is 10.1. The Morgan fingerprint density at radius 1 is 0.949 bits per heavy atom. The zero-order valence-electron chi connectivity index (χ0n) is 20.9. The first-order valence-electron chi connectivity index (χ1n) is 12.2. The van der Waals surface area contributed by atoms with Crippen molar-refractivity contribution in [2.45, 2.75) is 17.1 Å². The van der Waals surface area contributed by atoms with E-state index in [1.54, 1.807) is 12.1 Å². The third kappa shape index (κ3) is 6.63. The number of anilines is 2. The molecular weight excluding hydrogens is 533 g/mol. The van der Waals surface area contributed by atoms with Crippen molar-refractivity contribution < 1.29 is 18.7 Å². The second-order valence-electron chi connectivity index (χ2n) is 8.46. The highest BCUT2D eigenvalue weighted by atomic mass is 32.2. The summed E-state index contributed by atoms with van der Waals surface area (Å²) in [4.78, 5) is 31.3. The highest BCUT2D eigenvalue weighted by molar-refractivity contribution is 8.00. The van der Waals surface area contributed by atoms with E-state index in [2.05, 4.69) is 15.6 Å². The van der Waals surface area contributed by atoms with Crippen molar-refractivity contribution in [2.24, 2.45) is 0 Å². The van der Waals surface area contributed by atoms with Gasteiger partial charge in [-0.1, -0.05) is 41.7 Å². The molecule has 0 radical (unpaired) electrons. The molecule has 1 atom stereocenters. The summed E-state index contributed by atoms with van der Waals surface area (Å²) in [6.45, 7) is 2.51. The molecule has 1 heterocycles. The van der Waals surface area contributed by atoms with Gasteiger partial charge in [-0.3, -0.25) is 9.59 Å². The molecule has 0 aliphatic heterocycles. The van der Waals surface area contributed by atoms with Crippen LogP contribution in [-0.4, -0.2) is 23.4 Å². The van der Waals surface area contributed by atoms with Crippen molar-refractivity contribution in [3.63, 3.8) is 0 Å². The maximum atomic E-state index is 13.5. The van der Waals surface area contributed by atoms with Crippen LogP contribution in [0.3, 0.4) is 0 Å². The van der Waals surface area contributed by atoms with E-state index in [0.717, 1.165) is 26.4 Å². The van der Waals surface area contributed by atoms with E-state index in [0.29, 0.717) is 23.0 Å². The average Bonchev–Trinajstić information content (AvgIpc) is 3.35. The van der Waals surface area contributed by atoms with Crippen molar-refractivity contribution in [1.82, 2.24) is 4.98 Å². The number of ether oxygens (including phenoxy) is 1. The van der Waals surface area contributed by atoms with Crippen LogP contribution in [0.1, 0.15) is 28.1 Å². The Balaban J connectivity index is 1.31. The topological polar surface area (TPSA) is 80.3 Å². The Labute approximate surface area is 233 Å². The predicted octanol–water partition coefficient (Wildman–Crippen LogP) is 7.56. The summed E-state index contributed by atoms with van der Waals surface area (Å²) >= 11 is 2.80. The standard InChI is InChI=1S/C30H24FN3O3S2/c1-2-37-23-14-17-25-26(18-23)39-30(33-25)34-29(36)27(19-6-4-3-5-7-19)38-24-15-12-22(13-16-24)32-28(35)20-8-10-21(31)11-9-20/h3-18,27H,2H2,1H3,(H,32,35)(H,33,34,36). The smallest absolute Gasteiger partial charge is 0.255 e. The highest BCUT2D eigenvalue weighted by Gasteiger charge is 2.23. The zero-order valence-corrected chi connectivity index (χ0v) is 22.5. The first-order chi connectivity index (χ1) is 19.0. The summed E-state index contributed by atoms with van der Waals surface area (Å²) in [7, 11) is 0. The van der Waals surface area contributed by atoms with Gasteiger partial charge in [0.05, 0.1) is 16.8 Å². The minimum Gasteiger partial charge on any atom is -0.494 e. The Bertz CT molecular complexity index is 1590. The van der Waals surface area contributed by atoms with Crippen molar-refractivity contribution in [2.75, 3.05) is 17.2 Å². The second-order valence-corrected chi connectivity index (χ2v) is 10.7. The van der Waals surface area contributed by atoms with Gasteiger partial charge in [-0.15, -0.1) is 11.8 Å². The molecule has 0 fully saturated rings. The molecule has 1 aromatic heterocycles. The summed E-state index contributed by atoms with van der Waals surface area (Å²) in [6, 6.07) is 27.8. The van der Waals surface area contributed by atoms with Crippen LogP contribution in [-0.2, 0) is 4.79 Å². The summed E-state index contributed by atoms with van der Waals surface area (Å²) < 4.78 is 19.6. The molecule has 39 heavy (non-hydrogen) atoms. The van der Waals surface area contributed by atoms with Gasteiger partial charge in [-0.05, 0) is 79.2 Å². The number of aromatic nitrogens is 1. The normalized spacial score (nSPS) is 11.6. The number of thiazole rings is 1. The summed E-state index contributed by atoms with van der Waals surface area (Å²) in [6.07, 6.45) is 0. The molecule has 4 aromatic carbocycles. The molecule has 0 saturated heterocycles. The number of nitrogens with one attached hydrogen (secondary N) is 2. The van der Waals surface area contributed by atoms with E-state index in [9.17, 15) is 14.0 Å². The molecule has 5 rings (SSSR count). The second kappa shape index (κ2) is 12.1. The van der Waals surface area contributed by atoms with E-state index in [1.165, 1.54) is 47.4 Å². The summed E-state index contributed by atoms with van der Waals surface area (Å²) in [5.41, 5.74) is 2.60. The molecule has 1 unspecified atom stereocenters. The van der Waals surface area contributed by atoms with Crippen molar-refractivity contribution >= 4 is 55.9 Å². The third-order valence-electron chi connectivity index (χ3n) is 5.71. The Kier molecular flexibility index (Phi) is 8.19. The quantitative estimate of drug-likeness (QED) is 0.183. The van der Waals surface area contributed by atoms with Crippen LogP contribution < -0.4 is 15.4 Å². The van der Waals surface area contributed by atoms with Gasteiger partial charge in [-0.2, -0.15) is 0 Å². The molecule has 0 aliphatic rings. The molecule has 0 aliphatic carbocycles. The molecule has 196 valence electrons.